The van der Waals surface area contributed by atoms with E-state index in [0.29, 0.717) is 0 Å². The van der Waals surface area contributed by atoms with E-state index in [-0.39, 0.29) is 0 Å². The minimum atomic E-state index is 0.776. The van der Waals surface area contributed by atoms with Gasteiger partial charge in [-0.1, -0.05) is 38.0 Å². The molecule has 17 heavy (non-hydrogen) atoms. The van der Waals surface area contributed by atoms with Gasteiger partial charge in [0.25, 0.3) is 0 Å². The number of hydrogen-bond donors (Lipinski definition) is 0. The topological polar surface area (TPSA) is 9.23 Å². The maximum absolute atomic E-state index is 5.16. The van der Waals surface area contributed by atoms with E-state index in [1.807, 2.05) is 23.9 Å². The van der Waals surface area contributed by atoms with E-state index in [2.05, 4.69) is 18.7 Å². The van der Waals surface area contributed by atoms with Crippen molar-refractivity contribution in [3.8, 4) is 5.75 Å². The van der Waals surface area contributed by atoms with Gasteiger partial charge in [0.2, 0.25) is 0 Å². The van der Waals surface area contributed by atoms with Crippen LogP contribution in [0.2, 0.25) is 0 Å². The third-order valence-electron chi connectivity index (χ3n) is 3.27. The van der Waals surface area contributed by atoms with Gasteiger partial charge in [-0.15, -0.1) is 11.8 Å². The summed E-state index contributed by atoms with van der Waals surface area (Å²) in [5.74, 6) is 0.907. The molecule has 2 rings (SSSR count). The first-order valence-corrected chi connectivity index (χ1v) is 7.17. The molecule has 1 aliphatic rings. The molecule has 1 aromatic carbocycles. The van der Waals surface area contributed by atoms with Crippen LogP contribution >= 0.6 is 11.8 Å². The van der Waals surface area contributed by atoms with Crippen molar-refractivity contribution in [2.24, 2.45) is 0 Å². The van der Waals surface area contributed by atoms with Crippen LogP contribution in [0, 0.1) is 0 Å². The fourth-order valence-corrected chi connectivity index (χ4v) is 3.47. The number of hydrogen-bond acceptors (Lipinski definition) is 2. The number of thioether (sulfide) groups is 1. The SMILES string of the molecule is C=C(SC1CCCCC1)c1ccc(OC)cc1. The fraction of sp³-hybridized carbons (Fsp3) is 0.467. The largest absolute Gasteiger partial charge is 0.497 e. The molecule has 0 amide bonds. The molecule has 0 bridgehead atoms. The van der Waals surface area contributed by atoms with Gasteiger partial charge < -0.3 is 4.74 Å². The van der Waals surface area contributed by atoms with E-state index in [9.17, 15) is 0 Å². The first-order chi connectivity index (χ1) is 8.29. The average molecular weight is 248 g/mol. The van der Waals surface area contributed by atoms with Crippen molar-refractivity contribution >= 4 is 16.7 Å². The van der Waals surface area contributed by atoms with Crippen LogP contribution in [0.15, 0.2) is 30.8 Å². The molecule has 0 unspecified atom stereocenters. The zero-order valence-corrected chi connectivity index (χ0v) is 11.3. The monoisotopic (exact) mass is 248 g/mol. The van der Waals surface area contributed by atoms with E-state index in [1.54, 1.807) is 7.11 Å². The highest BCUT2D eigenvalue weighted by molar-refractivity contribution is 8.08. The second-order valence-corrected chi connectivity index (χ2v) is 5.92. The molecule has 0 aliphatic heterocycles. The molecule has 0 heterocycles. The summed E-state index contributed by atoms with van der Waals surface area (Å²) in [4.78, 5) is 1.19. The lowest BCUT2D eigenvalue weighted by molar-refractivity contribution is 0.415. The zero-order chi connectivity index (χ0) is 12.1. The van der Waals surface area contributed by atoms with E-state index in [4.69, 9.17) is 4.74 Å². The third-order valence-corrected chi connectivity index (χ3v) is 4.60. The van der Waals surface area contributed by atoms with Crippen LogP contribution in [-0.2, 0) is 0 Å². The van der Waals surface area contributed by atoms with Crippen LogP contribution in [0.3, 0.4) is 0 Å². The molecule has 1 saturated carbocycles. The summed E-state index contributed by atoms with van der Waals surface area (Å²) < 4.78 is 5.16. The van der Waals surface area contributed by atoms with Gasteiger partial charge in [-0.25, -0.2) is 0 Å². The molecule has 0 radical (unpaired) electrons. The predicted octanol–water partition coefficient (Wildman–Crippen LogP) is 4.73. The quantitative estimate of drug-likeness (QED) is 0.761. The molecule has 0 atom stereocenters. The van der Waals surface area contributed by atoms with Crippen molar-refractivity contribution in [1.29, 1.82) is 0 Å². The maximum Gasteiger partial charge on any atom is 0.118 e. The van der Waals surface area contributed by atoms with Crippen LogP contribution in [0.4, 0.5) is 0 Å². The summed E-state index contributed by atoms with van der Waals surface area (Å²) in [6.07, 6.45) is 6.87. The Hall–Kier alpha value is -0.890. The van der Waals surface area contributed by atoms with Gasteiger partial charge >= 0.3 is 0 Å². The molecule has 92 valence electrons. The van der Waals surface area contributed by atoms with E-state index < -0.39 is 0 Å². The Morgan fingerprint density at radius 1 is 1.18 bits per heavy atom. The minimum absolute atomic E-state index is 0.776. The Balaban J connectivity index is 1.93. The predicted molar refractivity (Wildman–Crippen MR) is 76.5 cm³/mol. The molecule has 0 N–H and O–H groups in total. The lowest BCUT2D eigenvalue weighted by atomic mass is 10.0. The number of methoxy groups -OCH3 is 1. The number of rotatable bonds is 4. The molecule has 1 nitrogen and oxygen atoms in total. The van der Waals surface area contributed by atoms with Gasteiger partial charge in [0, 0.05) is 10.2 Å². The second-order valence-electron chi connectivity index (χ2n) is 4.53. The lowest BCUT2D eigenvalue weighted by Gasteiger charge is -2.21. The van der Waals surface area contributed by atoms with Gasteiger partial charge in [-0.2, -0.15) is 0 Å². The Labute approximate surface area is 108 Å². The fourth-order valence-electron chi connectivity index (χ4n) is 2.23. The maximum atomic E-state index is 5.16. The van der Waals surface area contributed by atoms with E-state index in [1.165, 1.54) is 42.6 Å². The van der Waals surface area contributed by atoms with Crippen LogP contribution in [0.5, 0.6) is 5.75 Å². The zero-order valence-electron chi connectivity index (χ0n) is 10.4. The van der Waals surface area contributed by atoms with Crippen LogP contribution < -0.4 is 4.74 Å². The molecule has 1 aromatic rings. The summed E-state index contributed by atoms with van der Waals surface area (Å²) in [5, 5.41) is 0.776. The van der Waals surface area contributed by atoms with E-state index in [0.717, 1.165) is 11.0 Å². The van der Waals surface area contributed by atoms with Crippen molar-refractivity contribution in [2.45, 2.75) is 37.4 Å². The van der Waals surface area contributed by atoms with Crippen LogP contribution in [-0.4, -0.2) is 12.4 Å². The molecule has 2 heteroatoms. The van der Waals surface area contributed by atoms with Gasteiger partial charge in [0.05, 0.1) is 7.11 Å². The van der Waals surface area contributed by atoms with Crippen molar-refractivity contribution in [3.63, 3.8) is 0 Å². The number of ether oxygens (including phenoxy) is 1. The Kier molecular flexibility index (Phi) is 4.55. The third kappa shape index (κ3) is 3.53. The summed E-state index contributed by atoms with van der Waals surface area (Å²) in [5.41, 5.74) is 1.22. The highest BCUT2D eigenvalue weighted by Gasteiger charge is 2.15. The molecular formula is C15H20OS. The standard InChI is InChI=1S/C15H20OS/c1-12(17-15-6-4-3-5-7-15)13-8-10-14(16-2)11-9-13/h8-11,15H,1,3-7H2,2H3. The smallest absolute Gasteiger partial charge is 0.118 e. The van der Waals surface area contributed by atoms with Crippen LogP contribution in [0.1, 0.15) is 37.7 Å². The molecule has 1 aliphatic carbocycles. The van der Waals surface area contributed by atoms with E-state index >= 15 is 0 Å². The molecule has 0 aromatic heterocycles. The molecule has 1 fully saturated rings. The molecule has 0 spiro atoms. The summed E-state index contributed by atoms with van der Waals surface area (Å²) >= 11 is 1.95. The minimum Gasteiger partial charge on any atom is -0.497 e. The highest BCUT2D eigenvalue weighted by atomic mass is 32.2. The Morgan fingerprint density at radius 2 is 1.82 bits per heavy atom. The van der Waals surface area contributed by atoms with Crippen molar-refractivity contribution in [1.82, 2.24) is 0 Å². The average Bonchev–Trinajstić information content (AvgIpc) is 2.40. The van der Waals surface area contributed by atoms with Gasteiger partial charge in [-0.05, 0) is 30.5 Å². The summed E-state index contributed by atoms with van der Waals surface area (Å²) in [6, 6.07) is 8.19. The summed E-state index contributed by atoms with van der Waals surface area (Å²) in [7, 11) is 1.70. The lowest BCUT2D eigenvalue weighted by Crippen LogP contribution is -2.07. The van der Waals surface area contributed by atoms with Crippen molar-refractivity contribution in [2.75, 3.05) is 7.11 Å². The van der Waals surface area contributed by atoms with Gasteiger partial charge in [0.1, 0.15) is 5.75 Å². The van der Waals surface area contributed by atoms with Crippen LogP contribution in [0.25, 0.3) is 4.91 Å². The van der Waals surface area contributed by atoms with Gasteiger partial charge in [0.15, 0.2) is 0 Å². The molecule has 0 saturated heterocycles. The van der Waals surface area contributed by atoms with Gasteiger partial charge in [-0.3, -0.25) is 0 Å². The summed E-state index contributed by atoms with van der Waals surface area (Å²) in [6.45, 7) is 4.20. The Bertz CT molecular complexity index is 363. The number of benzene rings is 1. The highest BCUT2D eigenvalue weighted by Crippen LogP contribution is 2.37. The van der Waals surface area contributed by atoms with Crippen molar-refractivity contribution < 1.29 is 4.74 Å². The molecular weight excluding hydrogens is 228 g/mol. The first-order valence-electron chi connectivity index (χ1n) is 6.29. The van der Waals surface area contributed by atoms with Crippen molar-refractivity contribution in [3.05, 3.63) is 36.4 Å². The second kappa shape index (κ2) is 6.15. The first kappa shape index (κ1) is 12.6. The Morgan fingerprint density at radius 3 is 2.41 bits per heavy atom. The normalized spacial score (nSPS) is 16.8.